The van der Waals surface area contributed by atoms with Crippen molar-refractivity contribution in [3.8, 4) is 11.1 Å². The molecule has 0 saturated heterocycles. The van der Waals surface area contributed by atoms with E-state index in [1.54, 1.807) is 19.1 Å². The minimum absolute atomic E-state index is 0.00369. The molecule has 0 heterocycles. The van der Waals surface area contributed by atoms with Crippen molar-refractivity contribution in [2.75, 3.05) is 0 Å². The van der Waals surface area contributed by atoms with E-state index in [-0.39, 0.29) is 11.7 Å². The number of carbonyl (C=O) groups excluding carboxylic acids is 2. The minimum atomic E-state index is -0.484. The lowest BCUT2D eigenvalue weighted by Gasteiger charge is -2.08. The van der Waals surface area contributed by atoms with Gasteiger partial charge in [0.05, 0.1) is 0 Å². The normalized spacial score (nSPS) is 11.0. The third kappa shape index (κ3) is 4.16. The van der Waals surface area contributed by atoms with Crippen LogP contribution in [-0.4, -0.2) is 17.6 Å². The van der Waals surface area contributed by atoms with Crippen molar-refractivity contribution in [1.82, 2.24) is 0 Å². The maximum atomic E-state index is 11.9. The van der Waals surface area contributed by atoms with E-state index in [4.69, 9.17) is 11.5 Å². The Kier molecular flexibility index (Phi) is 5.27. The number of nitrogens with zero attached hydrogens (tertiary/aromatic N) is 1. The van der Waals surface area contributed by atoms with Crippen LogP contribution in [0, 0.1) is 0 Å². The molecule has 0 bridgehead atoms. The predicted molar refractivity (Wildman–Crippen MR) is 96.4 cm³/mol. The average molecular weight is 321 g/mol. The number of ketones is 1. The van der Waals surface area contributed by atoms with Gasteiger partial charge in [0.25, 0.3) is 5.91 Å². The number of nitrogens with two attached hydrogens (primary N) is 2. The molecule has 0 radical (unpaired) electrons. The summed E-state index contributed by atoms with van der Waals surface area (Å²) in [5, 5.41) is 0. The molecule has 0 fully saturated rings. The zero-order valence-corrected chi connectivity index (χ0v) is 13.6. The molecule has 2 aromatic rings. The van der Waals surface area contributed by atoms with Crippen LogP contribution in [0.15, 0.2) is 59.1 Å². The van der Waals surface area contributed by atoms with Gasteiger partial charge in [-0.25, -0.2) is 0 Å². The largest absolute Gasteiger partial charge is 0.370 e. The standard InChI is InChI=1S/C19H19N3O2/c1-12(18(24)22-19(20)21)10-15-6-3-4-9-17(15)16-8-5-7-14(11-16)13(2)23/h3-11H,1-2H3,(H4,20,21,22,24). The first-order valence-electron chi connectivity index (χ1n) is 7.41. The highest BCUT2D eigenvalue weighted by atomic mass is 16.1. The first kappa shape index (κ1) is 17.1. The van der Waals surface area contributed by atoms with Gasteiger partial charge in [0.2, 0.25) is 0 Å². The van der Waals surface area contributed by atoms with E-state index in [0.717, 1.165) is 16.7 Å². The molecule has 0 aromatic heterocycles. The molecular formula is C19H19N3O2. The van der Waals surface area contributed by atoms with Crippen LogP contribution in [0.3, 0.4) is 0 Å². The van der Waals surface area contributed by atoms with Crippen LogP contribution in [0.2, 0.25) is 0 Å². The van der Waals surface area contributed by atoms with Gasteiger partial charge in [-0.05, 0) is 42.7 Å². The molecule has 0 atom stereocenters. The van der Waals surface area contributed by atoms with Gasteiger partial charge in [0.1, 0.15) is 0 Å². The first-order valence-corrected chi connectivity index (χ1v) is 7.41. The zero-order chi connectivity index (χ0) is 17.7. The van der Waals surface area contributed by atoms with E-state index < -0.39 is 5.91 Å². The van der Waals surface area contributed by atoms with E-state index in [9.17, 15) is 9.59 Å². The number of carbonyl (C=O) groups is 2. The molecule has 0 aliphatic heterocycles. The molecule has 24 heavy (non-hydrogen) atoms. The summed E-state index contributed by atoms with van der Waals surface area (Å²) in [7, 11) is 0. The van der Waals surface area contributed by atoms with E-state index >= 15 is 0 Å². The van der Waals surface area contributed by atoms with Crippen LogP contribution < -0.4 is 11.5 Å². The van der Waals surface area contributed by atoms with Crippen molar-refractivity contribution in [2.24, 2.45) is 16.5 Å². The molecule has 0 aliphatic rings. The molecule has 0 aliphatic carbocycles. The maximum absolute atomic E-state index is 11.9. The summed E-state index contributed by atoms with van der Waals surface area (Å²) in [6.07, 6.45) is 1.73. The van der Waals surface area contributed by atoms with Crippen molar-refractivity contribution in [2.45, 2.75) is 13.8 Å². The van der Waals surface area contributed by atoms with Gasteiger partial charge in [-0.3, -0.25) is 9.59 Å². The molecular weight excluding hydrogens is 302 g/mol. The fourth-order valence-electron chi connectivity index (χ4n) is 2.29. The smallest absolute Gasteiger partial charge is 0.275 e. The minimum Gasteiger partial charge on any atom is -0.370 e. The second-order valence-corrected chi connectivity index (χ2v) is 5.39. The van der Waals surface area contributed by atoms with Gasteiger partial charge in [-0.2, -0.15) is 4.99 Å². The fourth-order valence-corrected chi connectivity index (χ4v) is 2.29. The van der Waals surface area contributed by atoms with Crippen LogP contribution >= 0.6 is 0 Å². The Labute approximate surface area is 140 Å². The van der Waals surface area contributed by atoms with Crippen LogP contribution in [0.4, 0.5) is 0 Å². The summed E-state index contributed by atoms with van der Waals surface area (Å²) < 4.78 is 0. The van der Waals surface area contributed by atoms with E-state index in [0.29, 0.717) is 11.1 Å². The molecule has 5 heteroatoms. The van der Waals surface area contributed by atoms with Gasteiger partial charge in [0.15, 0.2) is 11.7 Å². The van der Waals surface area contributed by atoms with Gasteiger partial charge in [-0.1, -0.05) is 42.5 Å². The van der Waals surface area contributed by atoms with E-state index in [2.05, 4.69) is 4.99 Å². The number of benzene rings is 2. The molecule has 5 nitrogen and oxygen atoms in total. The molecule has 0 saturated carbocycles. The van der Waals surface area contributed by atoms with Crippen molar-refractivity contribution < 1.29 is 9.59 Å². The number of Topliss-reactive ketones (excluding diaryl/α,β-unsaturated/α-hetero) is 1. The molecule has 122 valence electrons. The van der Waals surface area contributed by atoms with Gasteiger partial charge in [-0.15, -0.1) is 0 Å². The summed E-state index contributed by atoms with van der Waals surface area (Å²) >= 11 is 0. The summed E-state index contributed by atoms with van der Waals surface area (Å²) in [5.74, 6) is -0.749. The van der Waals surface area contributed by atoms with Crippen molar-refractivity contribution in [1.29, 1.82) is 0 Å². The second-order valence-electron chi connectivity index (χ2n) is 5.39. The van der Waals surface area contributed by atoms with Gasteiger partial charge < -0.3 is 11.5 Å². The quantitative estimate of drug-likeness (QED) is 0.391. The van der Waals surface area contributed by atoms with Crippen molar-refractivity contribution in [3.05, 3.63) is 65.2 Å². The highest BCUT2D eigenvalue weighted by Gasteiger charge is 2.08. The molecule has 0 spiro atoms. The third-order valence-corrected chi connectivity index (χ3v) is 3.48. The Bertz CT molecular complexity index is 847. The molecule has 4 N–H and O–H groups in total. The number of hydrogen-bond acceptors (Lipinski definition) is 2. The van der Waals surface area contributed by atoms with E-state index in [1.807, 2.05) is 42.5 Å². The van der Waals surface area contributed by atoms with Crippen LogP contribution in [0.5, 0.6) is 0 Å². The van der Waals surface area contributed by atoms with Gasteiger partial charge >= 0.3 is 0 Å². The Morgan fingerprint density at radius 2 is 1.71 bits per heavy atom. The zero-order valence-electron chi connectivity index (χ0n) is 13.6. The van der Waals surface area contributed by atoms with Gasteiger partial charge in [0, 0.05) is 11.1 Å². The van der Waals surface area contributed by atoms with Crippen molar-refractivity contribution in [3.63, 3.8) is 0 Å². The number of hydrogen-bond donors (Lipinski definition) is 2. The number of rotatable bonds is 4. The van der Waals surface area contributed by atoms with Crippen LogP contribution in [0.1, 0.15) is 29.8 Å². The second kappa shape index (κ2) is 7.37. The lowest BCUT2D eigenvalue weighted by atomic mass is 9.96. The number of aliphatic imine (C=N–C) groups is 1. The van der Waals surface area contributed by atoms with Crippen molar-refractivity contribution >= 4 is 23.7 Å². The Morgan fingerprint density at radius 1 is 1.00 bits per heavy atom. The monoisotopic (exact) mass is 321 g/mol. The van der Waals surface area contributed by atoms with Crippen LogP contribution in [0.25, 0.3) is 17.2 Å². The molecule has 2 rings (SSSR count). The Hall–Kier alpha value is -3.21. The fraction of sp³-hybridized carbons (Fsp3) is 0.105. The highest BCUT2D eigenvalue weighted by molar-refractivity contribution is 6.04. The summed E-state index contributed by atoms with van der Waals surface area (Å²) in [4.78, 5) is 27.0. The summed E-state index contributed by atoms with van der Waals surface area (Å²) in [6, 6.07) is 15.0. The predicted octanol–water partition coefficient (Wildman–Crippen LogP) is 2.76. The lowest BCUT2D eigenvalue weighted by molar-refractivity contribution is -0.114. The van der Waals surface area contributed by atoms with E-state index in [1.165, 1.54) is 6.92 Å². The Balaban J connectivity index is 2.48. The molecule has 1 amide bonds. The summed E-state index contributed by atoms with van der Waals surface area (Å²) in [5.41, 5.74) is 14.2. The number of guanidine groups is 1. The summed E-state index contributed by atoms with van der Waals surface area (Å²) in [6.45, 7) is 3.18. The SMILES string of the molecule is CC(=O)c1cccc(-c2ccccc2C=C(C)C(=O)N=C(N)N)c1. The highest BCUT2D eigenvalue weighted by Crippen LogP contribution is 2.26. The maximum Gasteiger partial charge on any atom is 0.275 e. The topological polar surface area (TPSA) is 98.5 Å². The molecule has 2 aromatic carbocycles. The Morgan fingerprint density at radius 3 is 2.38 bits per heavy atom. The first-order chi connectivity index (χ1) is 11.4. The molecule has 0 unspecified atom stereocenters. The average Bonchev–Trinajstić information content (AvgIpc) is 2.54. The lowest BCUT2D eigenvalue weighted by Crippen LogP contribution is -2.24. The third-order valence-electron chi connectivity index (χ3n) is 3.48. The van der Waals surface area contributed by atoms with Crippen LogP contribution in [-0.2, 0) is 4.79 Å². The number of amides is 1.